The molecule has 4 heteroatoms. The molecule has 0 spiro atoms. The number of fused-ring (bicyclic) bond motifs is 1. The van der Waals surface area contributed by atoms with Crippen molar-refractivity contribution in [3.63, 3.8) is 0 Å². The van der Waals surface area contributed by atoms with Gasteiger partial charge in [-0.2, -0.15) is 0 Å². The molecule has 1 saturated carbocycles. The fourth-order valence-corrected chi connectivity index (χ4v) is 3.22. The maximum absolute atomic E-state index is 12.7. The zero-order valence-corrected chi connectivity index (χ0v) is 11.9. The molecule has 0 N–H and O–H groups in total. The molecule has 4 nitrogen and oxygen atoms in total. The highest BCUT2D eigenvalue weighted by Gasteiger charge is 2.33. The van der Waals surface area contributed by atoms with E-state index in [4.69, 9.17) is 4.74 Å². The quantitative estimate of drug-likeness (QED) is 0.801. The van der Waals surface area contributed by atoms with Crippen molar-refractivity contribution < 1.29 is 14.3 Å². The van der Waals surface area contributed by atoms with Crippen LogP contribution in [-0.4, -0.2) is 17.3 Å². The van der Waals surface area contributed by atoms with Gasteiger partial charge < -0.3 is 4.74 Å². The number of carbonyl (C=O) groups is 2. The van der Waals surface area contributed by atoms with E-state index in [0.717, 1.165) is 36.8 Å². The van der Waals surface area contributed by atoms with Gasteiger partial charge >= 0.3 is 0 Å². The molecule has 1 fully saturated rings. The molecule has 21 heavy (non-hydrogen) atoms. The van der Waals surface area contributed by atoms with Gasteiger partial charge in [0.2, 0.25) is 12.1 Å². The number of rotatable bonds is 3. The zero-order chi connectivity index (χ0) is 14.7. The summed E-state index contributed by atoms with van der Waals surface area (Å²) in [6, 6.07) is 7.67. The van der Waals surface area contributed by atoms with E-state index in [1.54, 1.807) is 11.1 Å². The van der Waals surface area contributed by atoms with Crippen LogP contribution in [0.2, 0.25) is 0 Å². The highest BCUT2D eigenvalue weighted by Crippen LogP contribution is 2.34. The van der Waals surface area contributed by atoms with Crippen molar-refractivity contribution in [3.8, 4) is 0 Å². The SMILES string of the molecule is O=CO[C@@H]1c2ccccc2C=CN1C(=O)C1CCCCC1. The van der Waals surface area contributed by atoms with Crippen LogP contribution in [0.5, 0.6) is 0 Å². The molecule has 1 aliphatic carbocycles. The molecular formula is C17H19NO3. The Labute approximate surface area is 124 Å². The Kier molecular flexibility index (Phi) is 4.04. The van der Waals surface area contributed by atoms with E-state index >= 15 is 0 Å². The second-order valence-electron chi connectivity index (χ2n) is 5.61. The molecule has 110 valence electrons. The summed E-state index contributed by atoms with van der Waals surface area (Å²) in [5.74, 6) is 0.110. The summed E-state index contributed by atoms with van der Waals surface area (Å²) in [4.78, 5) is 25.1. The van der Waals surface area contributed by atoms with Crippen LogP contribution in [0.4, 0.5) is 0 Å². The average molecular weight is 285 g/mol. The van der Waals surface area contributed by atoms with Crippen molar-refractivity contribution in [2.75, 3.05) is 0 Å². The second kappa shape index (κ2) is 6.12. The molecule has 1 aromatic rings. The molecule has 1 aliphatic heterocycles. The van der Waals surface area contributed by atoms with Gasteiger partial charge in [0.25, 0.3) is 6.47 Å². The molecule has 0 radical (unpaired) electrons. The lowest BCUT2D eigenvalue weighted by molar-refractivity contribution is -0.154. The van der Waals surface area contributed by atoms with E-state index in [1.807, 2.05) is 30.3 Å². The lowest BCUT2D eigenvalue weighted by Gasteiger charge is -2.34. The number of benzene rings is 1. The Balaban J connectivity index is 1.87. The smallest absolute Gasteiger partial charge is 0.295 e. The first-order chi connectivity index (χ1) is 10.3. The van der Waals surface area contributed by atoms with Crippen LogP contribution in [0.1, 0.15) is 49.5 Å². The lowest BCUT2D eigenvalue weighted by Crippen LogP contribution is -2.38. The first kappa shape index (κ1) is 13.9. The Morgan fingerprint density at radius 1 is 1.19 bits per heavy atom. The highest BCUT2D eigenvalue weighted by molar-refractivity contribution is 5.82. The monoisotopic (exact) mass is 285 g/mol. The molecule has 0 saturated heterocycles. The molecule has 2 aliphatic rings. The Morgan fingerprint density at radius 3 is 2.71 bits per heavy atom. The van der Waals surface area contributed by atoms with Crippen molar-refractivity contribution in [3.05, 3.63) is 41.6 Å². The van der Waals surface area contributed by atoms with E-state index in [1.165, 1.54) is 6.42 Å². The highest BCUT2D eigenvalue weighted by atomic mass is 16.5. The summed E-state index contributed by atoms with van der Waals surface area (Å²) >= 11 is 0. The molecule has 3 rings (SSSR count). The van der Waals surface area contributed by atoms with Crippen LogP contribution < -0.4 is 0 Å². The first-order valence-corrected chi connectivity index (χ1v) is 7.49. The molecule has 0 bridgehead atoms. The largest absolute Gasteiger partial charge is 0.439 e. The normalized spacial score (nSPS) is 21.7. The van der Waals surface area contributed by atoms with Gasteiger partial charge in [0, 0.05) is 17.7 Å². The van der Waals surface area contributed by atoms with Gasteiger partial charge in [0.15, 0.2) is 0 Å². The number of hydrogen-bond acceptors (Lipinski definition) is 3. The maximum Gasteiger partial charge on any atom is 0.295 e. The molecule has 1 amide bonds. The van der Waals surface area contributed by atoms with Crippen molar-refractivity contribution >= 4 is 18.5 Å². The van der Waals surface area contributed by atoms with E-state index in [0.29, 0.717) is 6.47 Å². The van der Waals surface area contributed by atoms with Gasteiger partial charge in [-0.1, -0.05) is 43.5 Å². The Bertz CT molecular complexity index is 561. The standard InChI is InChI=1S/C17H19NO3/c19-12-21-17-15-9-5-4-6-13(15)10-11-18(17)16(20)14-7-2-1-3-8-14/h4-6,9-12,14,17H,1-3,7-8H2/t17-/m1/s1. The molecule has 1 atom stereocenters. The fourth-order valence-electron chi connectivity index (χ4n) is 3.22. The summed E-state index contributed by atoms with van der Waals surface area (Å²) in [5, 5.41) is 0. The summed E-state index contributed by atoms with van der Waals surface area (Å²) in [7, 11) is 0. The van der Waals surface area contributed by atoms with Gasteiger partial charge in [0.05, 0.1) is 0 Å². The van der Waals surface area contributed by atoms with E-state index in [2.05, 4.69) is 0 Å². The number of hydrogen-bond donors (Lipinski definition) is 0. The average Bonchev–Trinajstić information content (AvgIpc) is 2.55. The third kappa shape index (κ3) is 2.71. The number of ether oxygens (including phenoxy) is 1. The van der Waals surface area contributed by atoms with Crippen LogP contribution in [0.15, 0.2) is 30.5 Å². The van der Waals surface area contributed by atoms with Crippen LogP contribution in [0, 0.1) is 5.92 Å². The van der Waals surface area contributed by atoms with Gasteiger partial charge in [-0.15, -0.1) is 0 Å². The van der Waals surface area contributed by atoms with Crippen molar-refractivity contribution in [1.29, 1.82) is 0 Å². The third-order valence-corrected chi connectivity index (χ3v) is 4.32. The lowest BCUT2D eigenvalue weighted by atomic mass is 9.87. The predicted molar refractivity (Wildman–Crippen MR) is 78.8 cm³/mol. The topological polar surface area (TPSA) is 46.6 Å². The number of carbonyl (C=O) groups excluding carboxylic acids is 2. The molecule has 0 aromatic heterocycles. The zero-order valence-electron chi connectivity index (χ0n) is 11.9. The fraction of sp³-hybridized carbons (Fsp3) is 0.412. The third-order valence-electron chi connectivity index (χ3n) is 4.32. The van der Waals surface area contributed by atoms with Gasteiger partial charge in [-0.3, -0.25) is 14.5 Å². The summed E-state index contributed by atoms with van der Waals surface area (Å²) in [6.07, 6.45) is 8.27. The first-order valence-electron chi connectivity index (χ1n) is 7.49. The minimum Gasteiger partial charge on any atom is -0.439 e. The molecule has 0 unspecified atom stereocenters. The summed E-state index contributed by atoms with van der Waals surface area (Å²) in [6.45, 7) is 0.418. The van der Waals surface area contributed by atoms with Crippen molar-refractivity contribution in [2.24, 2.45) is 5.92 Å². The van der Waals surface area contributed by atoms with Crippen LogP contribution in [0.3, 0.4) is 0 Å². The van der Waals surface area contributed by atoms with Gasteiger partial charge in [-0.25, -0.2) is 0 Å². The van der Waals surface area contributed by atoms with Crippen molar-refractivity contribution in [1.82, 2.24) is 4.90 Å². The van der Waals surface area contributed by atoms with E-state index in [-0.39, 0.29) is 11.8 Å². The summed E-state index contributed by atoms with van der Waals surface area (Å²) in [5.41, 5.74) is 1.84. The predicted octanol–water partition coefficient (Wildman–Crippen LogP) is 3.25. The maximum atomic E-state index is 12.7. The molecule has 1 aromatic carbocycles. The Hall–Kier alpha value is -2.10. The van der Waals surface area contributed by atoms with Crippen molar-refractivity contribution in [2.45, 2.75) is 38.3 Å². The van der Waals surface area contributed by atoms with Gasteiger partial charge in [0.1, 0.15) is 0 Å². The van der Waals surface area contributed by atoms with Crippen LogP contribution >= 0.6 is 0 Å². The number of amides is 1. The van der Waals surface area contributed by atoms with Crippen LogP contribution in [-0.2, 0) is 14.3 Å². The number of nitrogens with zero attached hydrogens (tertiary/aromatic N) is 1. The Morgan fingerprint density at radius 2 is 1.95 bits per heavy atom. The minimum absolute atomic E-state index is 0.0476. The minimum atomic E-state index is -0.641. The van der Waals surface area contributed by atoms with E-state index < -0.39 is 6.23 Å². The van der Waals surface area contributed by atoms with Gasteiger partial charge in [-0.05, 0) is 24.5 Å². The van der Waals surface area contributed by atoms with Crippen LogP contribution in [0.25, 0.3) is 6.08 Å². The van der Waals surface area contributed by atoms with E-state index in [9.17, 15) is 9.59 Å². The second-order valence-corrected chi connectivity index (χ2v) is 5.61. The molecule has 1 heterocycles. The molecular weight excluding hydrogens is 266 g/mol. The summed E-state index contributed by atoms with van der Waals surface area (Å²) < 4.78 is 5.21.